The van der Waals surface area contributed by atoms with Crippen LogP contribution < -0.4 is 0 Å². The Morgan fingerprint density at radius 2 is 2.11 bits per heavy atom. The van der Waals surface area contributed by atoms with E-state index in [0.717, 1.165) is 0 Å². The SMILES string of the molecule is C/C=C(/Br)CCCCC. The molecule has 0 unspecified atom stereocenters. The molecule has 0 nitrogen and oxygen atoms in total. The van der Waals surface area contributed by atoms with Crippen molar-refractivity contribution in [2.24, 2.45) is 0 Å². The number of hydrogen-bond donors (Lipinski definition) is 0. The molecule has 54 valence electrons. The fourth-order valence-electron chi connectivity index (χ4n) is 0.688. The van der Waals surface area contributed by atoms with Gasteiger partial charge in [-0.05, 0) is 24.2 Å². The van der Waals surface area contributed by atoms with Gasteiger partial charge in [0.1, 0.15) is 0 Å². The van der Waals surface area contributed by atoms with Crippen LogP contribution in [0, 0.1) is 0 Å². The quantitative estimate of drug-likeness (QED) is 0.591. The fourth-order valence-corrected chi connectivity index (χ4v) is 0.969. The van der Waals surface area contributed by atoms with Gasteiger partial charge in [0.25, 0.3) is 0 Å². The average molecular weight is 191 g/mol. The summed E-state index contributed by atoms with van der Waals surface area (Å²) in [7, 11) is 0. The van der Waals surface area contributed by atoms with Crippen molar-refractivity contribution in [1.29, 1.82) is 0 Å². The highest BCUT2D eigenvalue weighted by Crippen LogP contribution is 2.13. The molecule has 0 rings (SSSR count). The largest absolute Gasteiger partial charge is 0.0775 e. The van der Waals surface area contributed by atoms with Gasteiger partial charge < -0.3 is 0 Å². The summed E-state index contributed by atoms with van der Waals surface area (Å²) in [5, 5.41) is 0. The highest BCUT2D eigenvalue weighted by Gasteiger charge is 1.88. The minimum atomic E-state index is 1.21. The van der Waals surface area contributed by atoms with Crippen LogP contribution in [0.1, 0.15) is 39.5 Å². The molecule has 0 fully saturated rings. The van der Waals surface area contributed by atoms with E-state index in [1.165, 1.54) is 30.2 Å². The van der Waals surface area contributed by atoms with Crippen molar-refractivity contribution in [1.82, 2.24) is 0 Å². The molecule has 0 aliphatic carbocycles. The van der Waals surface area contributed by atoms with Gasteiger partial charge in [-0.15, -0.1) is 0 Å². The number of allylic oxidation sites excluding steroid dienone is 2. The highest BCUT2D eigenvalue weighted by molar-refractivity contribution is 9.11. The smallest absolute Gasteiger partial charge is 0.00920 e. The number of rotatable bonds is 4. The monoisotopic (exact) mass is 190 g/mol. The van der Waals surface area contributed by atoms with Crippen LogP contribution in [-0.2, 0) is 0 Å². The van der Waals surface area contributed by atoms with Crippen molar-refractivity contribution in [3.8, 4) is 0 Å². The maximum atomic E-state index is 3.47. The molecule has 0 aliphatic heterocycles. The molecule has 0 saturated carbocycles. The van der Waals surface area contributed by atoms with Crippen LogP contribution in [0.2, 0.25) is 0 Å². The van der Waals surface area contributed by atoms with Gasteiger partial charge in [0.15, 0.2) is 0 Å². The molecule has 0 aromatic rings. The fraction of sp³-hybridized carbons (Fsp3) is 0.750. The lowest BCUT2D eigenvalue weighted by Crippen LogP contribution is -1.73. The third-order valence-electron chi connectivity index (χ3n) is 1.33. The first-order valence-electron chi connectivity index (χ1n) is 3.62. The van der Waals surface area contributed by atoms with Crippen molar-refractivity contribution in [3.63, 3.8) is 0 Å². The summed E-state index contributed by atoms with van der Waals surface area (Å²) in [6.07, 6.45) is 7.31. The minimum absolute atomic E-state index is 1.21. The molecule has 0 radical (unpaired) electrons. The molecular weight excluding hydrogens is 176 g/mol. The molecule has 0 amide bonds. The Labute approximate surface area is 66.5 Å². The summed E-state index contributed by atoms with van der Waals surface area (Å²) in [4.78, 5) is 0. The van der Waals surface area contributed by atoms with E-state index in [4.69, 9.17) is 0 Å². The molecule has 0 atom stereocenters. The van der Waals surface area contributed by atoms with Gasteiger partial charge in [-0.2, -0.15) is 0 Å². The zero-order valence-corrected chi connectivity index (χ0v) is 7.87. The molecule has 0 aromatic heterocycles. The Balaban J connectivity index is 3.07. The lowest BCUT2D eigenvalue weighted by molar-refractivity contribution is 0.726. The molecule has 9 heavy (non-hydrogen) atoms. The first kappa shape index (κ1) is 9.22. The van der Waals surface area contributed by atoms with Crippen LogP contribution in [0.25, 0.3) is 0 Å². The number of hydrogen-bond acceptors (Lipinski definition) is 0. The molecule has 0 spiro atoms. The third-order valence-corrected chi connectivity index (χ3v) is 2.19. The van der Waals surface area contributed by atoms with Gasteiger partial charge >= 0.3 is 0 Å². The maximum absolute atomic E-state index is 3.47. The first-order valence-corrected chi connectivity index (χ1v) is 4.41. The lowest BCUT2D eigenvalue weighted by atomic mass is 10.2. The summed E-state index contributed by atoms with van der Waals surface area (Å²) < 4.78 is 1.34. The van der Waals surface area contributed by atoms with E-state index >= 15 is 0 Å². The second kappa shape index (κ2) is 6.34. The zero-order chi connectivity index (χ0) is 7.11. The van der Waals surface area contributed by atoms with E-state index in [0.29, 0.717) is 0 Å². The van der Waals surface area contributed by atoms with Crippen molar-refractivity contribution in [2.75, 3.05) is 0 Å². The van der Waals surface area contributed by atoms with Crippen LogP contribution in [0.15, 0.2) is 10.6 Å². The molecule has 0 bridgehead atoms. The van der Waals surface area contributed by atoms with Crippen molar-refractivity contribution in [3.05, 3.63) is 10.6 Å². The van der Waals surface area contributed by atoms with Crippen LogP contribution in [0.5, 0.6) is 0 Å². The van der Waals surface area contributed by atoms with Crippen LogP contribution in [0.4, 0.5) is 0 Å². The average Bonchev–Trinajstić information content (AvgIpc) is 1.89. The van der Waals surface area contributed by atoms with E-state index in [2.05, 4.69) is 35.9 Å². The standard InChI is InChI=1S/C8H15Br/c1-3-5-6-7-8(9)4-2/h4H,3,5-7H2,1-2H3/b8-4+. The summed E-state index contributed by atoms with van der Waals surface area (Å²) >= 11 is 3.47. The van der Waals surface area contributed by atoms with Gasteiger partial charge in [-0.3, -0.25) is 0 Å². The van der Waals surface area contributed by atoms with Crippen molar-refractivity contribution < 1.29 is 0 Å². The minimum Gasteiger partial charge on any atom is -0.0775 e. The van der Waals surface area contributed by atoms with Gasteiger partial charge in [0.2, 0.25) is 0 Å². The number of halogens is 1. The van der Waals surface area contributed by atoms with E-state index in [1.54, 1.807) is 0 Å². The van der Waals surface area contributed by atoms with E-state index in [-0.39, 0.29) is 0 Å². The van der Waals surface area contributed by atoms with Crippen molar-refractivity contribution in [2.45, 2.75) is 39.5 Å². The first-order chi connectivity index (χ1) is 4.31. The van der Waals surface area contributed by atoms with Crippen LogP contribution in [0.3, 0.4) is 0 Å². The summed E-state index contributed by atoms with van der Waals surface area (Å²) in [6, 6.07) is 0. The molecule has 0 saturated heterocycles. The zero-order valence-electron chi connectivity index (χ0n) is 6.28. The van der Waals surface area contributed by atoms with Gasteiger partial charge in [-0.1, -0.05) is 41.8 Å². The number of unbranched alkanes of at least 4 members (excludes halogenated alkanes) is 2. The van der Waals surface area contributed by atoms with E-state index in [1.807, 2.05) is 0 Å². The van der Waals surface area contributed by atoms with Crippen LogP contribution >= 0.6 is 15.9 Å². The van der Waals surface area contributed by atoms with Crippen LogP contribution in [-0.4, -0.2) is 0 Å². The van der Waals surface area contributed by atoms with Gasteiger partial charge in [0.05, 0.1) is 0 Å². The summed E-state index contributed by atoms with van der Waals surface area (Å²) in [5.41, 5.74) is 0. The highest BCUT2D eigenvalue weighted by atomic mass is 79.9. The Kier molecular flexibility index (Phi) is 6.50. The topological polar surface area (TPSA) is 0 Å². The molecule has 0 N–H and O–H groups in total. The molecular formula is C8H15Br. The molecule has 1 heteroatoms. The van der Waals surface area contributed by atoms with Crippen molar-refractivity contribution >= 4 is 15.9 Å². The predicted molar refractivity (Wildman–Crippen MR) is 46.8 cm³/mol. The van der Waals surface area contributed by atoms with Gasteiger partial charge in [-0.25, -0.2) is 0 Å². The van der Waals surface area contributed by atoms with Gasteiger partial charge in [0, 0.05) is 0 Å². The third kappa shape index (κ3) is 6.10. The Hall–Kier alpha value is 0.220. The van der Waals surface area contributed by atoms with E-state index in [9.17, 15) is 0 Å². The second-order valence-electron chi connectivity index (χ2n) is 2.19. The Bertz CT molecular complexity index is 84.6. The Morgan fingerprint density at radius 1 is 1.44 bits per heavy atom. The predicted octanol–water partition coefficient (Wildman–Crippen LogP) is 3.87. The lowest BCUT2D eigenvalue weighted by Gasteiger charge is -1.95. The molecule has 0 heterocycles. The summed E-state index contributed by atoms with van der Waals surface area (Å²) in [6.45, 7) is 4.29. The molecule has 0 aromatic carbocycles. The molecule has 0 aliphatic rings. The summed E-state index contributed by atoms with van der Waals surface area (Å²) in [5.74, 6) is 0. The maximum Gasteiger partial charge on any atom is -0.00920 e. The second-order valence-corrected chi connectivity index (χ2v) is 3.21. The normalized spacial score (nSPS) is 12.1. The van der Waals surface area contributed by atoms with E-state index < -0.39 is 0 Å². The Morgan fingerprint density at radius 3 is 2.56 bits per heavy atom.